The summed E-state index contributed by atoms with van der Waals surface area (Å²) in [6, 6.07) is 10.6. The molecule has 2 aromatic carbocycles. The van der Waals surface area contributed by atoms with Crippen LogP contribution in [0.15, 0.2) is 36.4 Å². The molecule has 3 rings (SSSR count). The number of anilines is 1. The smallest absolute Gasteiger partial charge is 0.260 e. The highest BCUT2D eigenvalue weighted by Gasteiger charge is 2.24. The number of halogens is 1. The predicted molar refractivity (Wildman–Crippen MR) is 114 cm³/mol. The van der Waals surface area contributed by atoms with Crippen molar-refractivity contribution in [2.75, 3.05) is 46.3 Å². The van der Waals surface area contributed by atoms with Gasteiger partial charge in [-0.1, -0.05) is 22.9 Å². The number of ether oxygens (including phenoxy) is 2. The van der Waals surface area contributed by atoms with Crippen LogP contribution < -0.4 is 19.3 Å². The number of nitrogens with one attached hydrogen (secondary N) is 1. The highest BCUT2D eigenvalue weighted by molar-refractivity contribution is 7.23. The van der Waals surface area contributed by atoms with Crippen molar-refractivity contribution in [3.05, 3.63) is 47.0 Å². The topological polar surface area (TPSA) is 56.1 Å². The van der Waals surface area contributed by atoms with Gasteiger partial charge in [0.2, 0.25) is 0 Å². The summed E-state index contributed by atoms with van der Waals surface area (Å²) >= 11 is 7.75. The van der Waals surface area contributed by atoms with Crippen molar-refractivity contribution in [3.8, 4) is 11.5 Å². The molecule has 28 heavy (non-hydrogen) atoms. The maximum absolute atomic E-state index is 13.3. The third-order valence-corrected chi connectivity index (χ3v) is 5.85. The lowest BCUT2D eigenvalue weighted by atomic mass is 10.2. The van der Waals surface area contributed by atoms with Crippen LogP contribution in [0.3, 0.4) is 0 Å². The maximum Gasteiger partial charge on any atom is 0.260 e. The van der Waals surface area contributed by atoms with Crippen LogP contribution >= 0.6 is 22.9 Å². The van der Waals surface area contributed by atoms with Crippen molar-refractivity contribution < 1.29 is 19.2 Å². The molecule has 0 atom stereocenters. The van der Waals surface area contributed by atoms with Gasteiger partial charge in [-0.05, 0) is 36.4 Å². The van der Waals surface area contributed by atoms with Crippen LogP contribution in [-0.4, -0.2) is 52.3 Å². The van der Waals surface area contributed by atoms with Gasteiger partial charge in [0, 0.05) is 5.56 Å². The minimum atomic E-state index is -0.113. The Morgan fingerprint density at radius 1 is 1.14 bits per heavy atom. The molecule has 0 unspecified atom stereocenters. The van der Waals surface area contributed by atoms with E-state index in [1.165, 1.54) is 16.2 Å². The van der Waals surface area contributed by atoms with Crippen molar-refractivity contribution in [3.63, 3.8) is 0 Å². The zero-order valence-electron chi connectivity index (χ0n) is 16.3. The second-order valence-electron chi connectivity index (χ2n) is 6.57. The number of aromatic nitrogens is 1. The van der Waals surface area contributed by atoms with Gasteiger partial charge < -0.3 is 14.4 Å². The van der Waals surface area contributed by atoms with Crippen molar-refractivity contribution in [2.24, 2.45) is 0 Å². The predicted octanol–water partition coefficient (Wildman–Crippen LogP) is 2.76. The molecule has 0 aliphatic carbocycles. The van der Waals surface area contributed by atoms with Crippen LogP contribution in [-0.2, 0) is 0 Å². The van der Waals surface area contributed by atoms with Gasteiger partial charge in [-0.25, -0.2) is 4.98 Å². The molecule has 6 nitrogen and oxygen atoms in total. The Morgan fingerprint density at radius 3 is 2.46 bits per heavy atom. The lowest BCUT2D eigenvalue weighted by Gasteiger charge is -2.20. The molecule has 1 N–H and O–H groups in total. The summed E-state index contributed by atoms with van der Waals surface area (Å²) in [6.07, 6.45) is 0. The normalized spacial score (nSPS) is 11.1. The van der Waals surface area contributed by atoms with Gasteiger partial charge in [-0.3, -0.25) is 9.69 Å². The molecule has 0 fully saturated rings. The van der Waals surface area contributed by atoms with Gasteiger partial charge in [-0.15, -0.1) is 0 Å². The summed E-state index contributed by atoms with van der Waals surface area (Å²) < 4.78 is 11.4. The molecule has 0 bridgehead atoms. The molecule has 0 aliphatic heterocycles. The van der Waals surface area contributed by atoms with Crippen LogP contribution in [0.2, 0.25) is 5.02 Å². The molecule has 0 radical (unpaired) electrons. The van der Waals surface area contributed by atoms with Gasteiger partial charge in [0.25, 0.3) is 5.91 Å². The molecular formula is C20H23ClN3O3S+. The number of thiazole rings is 1. The number of methoxy groups -OCH3 is 2. The highest BCUT2D eigenvalue weighted by Crippen LogP contribution is 2.39. The number of carbonyl (C=O) groups is 1. The fraction of sp³-hybridized carbons (Fsp3) is 0.300. The molecule has 1 aromatic heterocycles. The van der Waals surface area contributed by atoms with E-state index in [1.807, 2.05) is 14.1 Å². The first-order valence-corrected chi connectivity index (χ1v) is 10.0. The number of amides is 1. The van der Waals surface area contributed by atoms with Gasteiger partial charge in [0.05, 0.1) is 51.1 Å². The molecule has 3 aromatic rings. The number of likely N-dealkylation sites (N-methyl/N-ethyl adjacent to an activating group) is 1. The van der Waals surface area contributed by atoms with Crippen molar-refractivity contribution in [1.29, 1.82) is 0 Å². The molecule has 8 heteroatoms. The monoisotopic (exact) mass is 420 g/mol. The number of benzene rings is 2. The Bertz CT molecular complexity index is 973. The number of fused-ring (bicyclic) bond motifs is 1. The lowest BCUT2D eigenvalue weighted by Crippen LogP contribution is -3.06. The van der Waals surface area contributed by atoms with E-state index in [0.29, 0.717) is 39.3 Å². The van der Waals surface area contributed by atoms with Gasteiger partial charge in [-0.2, -0.15) is 0 Å². The number of nitrogens with zero attached hydrogens (tertiary/aromatic N) is 2. The average Bonchev–Trinajstić information content (AvgIpc) is 3.14. The maximum atomic E-state index is 13.3. The Labute approximate surface area is 173 Å². The van der Waals surface area contributed by atoms with Crippen molar-refractivity contribution in [1.82, 2.24) is 4.98 Å². The van der Waals surface area contributed by atoms with Crippen LogP contribution in [0.1, 0.15) is 10.4 Å². The molecule has 148 valence electrons. The summed E-state index contributed by atoms with van der Waals surface area (Å²) in [7, 11) is 7.29. The zero-order valence-corrected chi connectivity index (χ0v) is 17.9. The Morgan fingerprint density at radius 2 is 1.86 bits per heavy atom. The van der Waals surface area contributed by atoms with E-state index in [1.54, 1.807) is 55.5 Å². The van der Waals surface area contributed by atoms with E-state index in [-0.39, 0.29) is 5.91 Å². The van der Waals surface area contributed by atoms with Crippen LogP contribution in [0.25, 0.3) is 10.2 Å². The third-order valence-electron chi connectivity index (χ3n) is 4.32. The first-order valence-electron chi connectivity index (χ1n) is 8.82. The average molecular weight is 421 g/mol. The van der Waals surface area contributed by atoms with E-state index >= 15 is 0 Å². The zero-order chi connectivity index (χ0) is 20.3. The number of quaternary nitrogens is 1. The van der Waals surface area contributed by atoms with Crippen LogP contribution in [0.4, 0.5) is 5.13 Å². The SMILES string of the molecule is COc1ccc(C(=O)N(CC[NH+](C)C)c2nc3c(OC)ccc(Cl)c3s2)cc1. The van der Waals surface area contributed by atoms with Gasteiger partial charge in [0.15, 0.2) is 5.13 Å². The summed E-state index contributed by atoms with van der Waals surface area (Å²) in [5.74, 6) is 1.23. The molecule has 1 amide bonds. The molecular weight excluding hydrogens is 398 g/mol. The number of carbonyl (C=O) groups excluding carboxylic acids is 1. The molecule has 0 saturated carbocycles. The second kappa shape index (κ2) is 8.77. The second-order valence-corrected chi connectivity index (χ2v) is 7.95. The third kappa shape index (κ3) is 4.22. The number of hydrogen-bond acceptors (Lipinski definition) is 5. The van der Waals surface area contributed by atoms with Crippen molar-refractivity contribution >= 4 is 44.2 Å². The van der Waals surface area contributed by atoms with Crippen LogP contribution in [0.5, 0.6) is 11.5 Å². The minimum Gasteiger partial charge on any atom is -0.497 e. The molecule has 0 spiro atoms. The molecule has 0 saturated heterocycles. The molecule has 0 aliphatic rings. The van der Waals surface area contributed by atoms with Crippen LogP contribution in [0, 0.1) is 0 Å². The Hall–Kier alpha value is -2.35. The fourth-order valence-corrected chi connectivity index (χ4v) is 4.01. The first kappa shape index (κ1) is 20.4. The quantitative estimate of drug-likeness (QED) is 0.638. The number of rotatable bonds is 7. The first-order chi connectivity index (χ1) is 13.4. The Kier molecular flexibility index (Phi) is 6.39. The van der Waals surface area contributed by atoms with E-state index in [2.05, 4.69) is 4.98 Å². The molecule has 1 heterocycles. The van der Waals surface area contributed by atoms with E-state index in [4.69, 9.17) is 21.1 Å². The minimum absolute atomic E-state index is 0.113. The van der Waals surface area contributed by atoms with Crippen molar-refractivity contribution in [2.45, 2.75) is 0 Å². The fourth-order valence-electron chi connectivity index (χ4n) is 2.73. The summed E-state index contributed by atoms with van der Waals surface area (Å²) in [6.45, 7) is 1.32. The van der Waals surface area contributed by atoms with E-state index in [0.717, 1.165) is 11.2 Å². The van der Waals surface area contributed by atoms with Gasteiger partial charge in [0.1, 0.15) is 17.0 Å². The Balaban J connectivity index is 2.02. The number of hydrogen-bond donors (Lipinski definition) is 1. The lowest BCUT2D eigenvalue weighted by molar-refractivity contribution is -0.856. The summed E-state index contributed by atoms with van der Waals surface area (Å²) in [5.41, 5.74) is 1.24. The standard InChI is InChI=1S/C20H22ClN3O3S/c1-23(2)11-12-24(19(25)13-5-7-14(26-3)8-6-13)20-22-17-16(27-4)10-9-15(21)18(17)28-20/h5-10H,11-12H2,1-4H3/p+1. The summed E-state index contributed by atoms with van der Waals surface area (Å²) in [4.78, 5) is 20.9. The van der Waals surface area contributed by atoms with E-state index < -0.39 is 0 Å². The highest BCUT2D eigenvalue weighted by atomic mass is 35.5. The summed E-state index contributed by atoms with van der Waals surface area (Å²) in [5, 5.41) is 1.19. The van der Waals surface area contributed by atoms with Gasteiger partial charge >= 0.3 is 0 Å². The largest absolute Gasteiger partial charge is 0.497 e. The van der Waals surface area contributed by atoms with E-state index in [9.17, 15) is 4.79 Å².